The molecule has 0 aliphatic heterocycles. The topological polar surface area (TPSA) is 9.23 Å². The second kappa shape index (κ2) is 5.60. The Balaban J connectivity index is 1.83. The zero-order valence-electron chi connectivity index (χ0n) is 10.6. The summed E-state index contributed by atoms with van der Waals surface area (Å²) < 4.78 is 5.99. The molecule has 3 rings (SSSR count). The van der Waals surface area contributed by atoms with Gasteiger partial charge in [0.05, 0.1) is 6.61 Å². The van der Waals surface area contributed by atoms with Crippen LogP contribution in [-0.2, 0) is 0 Å². The predicted octanol–water partition coefficient (Wildman–Crippen LogP) is 5.28. The summed E-state index contributed by atoms with van der Waals surface area (Å²) in [5.41, 5.74) is 0. The van der Waals surface area contributed by atoms with Crippen LogP contribution in [0.3, 0.4) is 0 Å². The number of ether oxygens (including phenoxy) is 1. The highest BCUT2D eigenvalue weighted by Gasteiger charge is 2.25. The van der Waals surface area contributed by atoms with E-state index in [1.54, 1.807) is 0 Å². The maximum atomic E-state index is 6.29. The first-order chi connectivity index (χ1) is 9.25. The lowest BCUT2D eigenvalue weighted by molar-refractivity contribution is 0.257. The lowest BCUT2D eigenvalue weighted by Crippen LogP contribution is -2.16. The predicted molar refractivity (Wildman–Crippen MR) is 81.4 cm³/mol. The molecule has 3 heteroatoms. The molecule has 0 N–H and O–H groups in total. The van der Waals surface area contributed by atoms with Gasteiger partial charge < -0.3 is 4.74 Å². The van der Waals surface area contributed by atoms with Gasteiger partial charge in [0.25, 0.3) is 0 Å². The fourth-order valence-corrected chi connectivity index (χ4v) is 3.32. The molecule has 100 valence electrons. The Hall–Kier alpha value is -0.920. The van der Waals surface area contributed by atoms with Gasteiger partial charge in [0.2, 0.25) is 0 Å². The molecule has 1 nitrogen and oxygen atoms in total. The standard InChI is InChI=1S/C16H16Cl2O/c17-14-7-3-4-11(14)10-19-16-9-8-15(18)12-5-1-2-6-13(12)16/h1-2,5-6,8-9,11,14H,3-4,7,10H2/t11-,14?/m0/s1. The molecular formula is C16H16Cl2O. The Morgan fingerprint density at radius 2 is 1.84 bits per heavy atom. The van der Waals surface area contributed by atoms with E-state index in [4.69, 9.17) is 27.9 Å². The van der Waals surface area contributed by atoms with Crippen LogP contribution in [0.15, 0.2) is 36.4 Å². The van der Waals surface area contributed by atoms with Crippen molar-refractivity contribution in [1.29, 1.82) is 0 Å². The Kier molecular flexibility index (Phi) is 3.86. The Labute approximate surface area is 123 Å². The number of halogens is 2. The number of fused-ring (bicyclic) bond motifs is 1. The average molecular weight is 295 g/mol. The largest absolute Gasteiger partial charge is 0.493 e. The quantitative estimate of drug-likeness (QED) is 0.700. The van der Waals surface area contributed by atoms with Crippen LogP contribution in [0.25, 0.3) is 10.8 Å². The first-order valence-corrected chi connectivity index (χ1v) is 7.51. The van der Waals surface area contributed by atoms with Crippen LogP contribution in [0.5, 0.6) is 5.75 Å². The molecule has 0 spiro atoms. The van der Waals surface area contributed by atoms with Gasteiger partial charge in [-0.25, -0.2) is 0 Å². The molecule has 1 aliphatic carbocycles. The lowest BCUT2D eigenvalue weighted by atomic mass is 10.1. The third-order valence-electron chi connectivity index (χ3n) is 3.85. The molecule has 0 radical (unpaired) electrons. The van der Waals surface area contributed by atoms with E-state index in [2.05, 4.69) is 0 Å². The summed E-state index contributed by atoms with van der Waals surface area (Å²) in [6, 6.07) is 11.9. The summed E-state index contributed by atoms with van der Waals surface area (Å²) in [5.74, 6) is 1.37. The maximum Gasteiger partial charge on any atom is 0.127 e. The zero-order chi connectivity index (χ0) is 13.2. The first kappa shape index (κ1) is 13.1. The number of hydrogen-bond acceptors (Lipinski definition) is 1. The number of hydrogen-bond donors (Lipinski definition) is 0. The highest BCUT2D eigenvalue weighted by molar-refractivity contribution is 6.35. The van der Waals surface area contributed by atoms with Crippen molar-refractivity contribution in [2.75, 3.05) is 6.61 Å². The molecule has 1 saturated carbocycles. The van der Waals surface area contributed by atoms with Crippen LogP contribution in [-0.4, -0.2) is 12.0 Å². The molecule has 2 atom stereocenters. The minimum atomic E-state index is 0.263. The summed E-state index contributed by atoms with van der Waals surface area (Å²) in [6.45, 7) is 0.694. The summed E-state index contributed by atoms with van der Waals surface area (Å²) in [7, 11) is 0. The molecule has 2 aromatic carbocycles. The Morgan fingerprint density at radius 1 is 1.05 bits per heavy atom. The monoisotopic (exact) mass is 294 g/mol. The van der Waals surface area contributed by atoms with Crippen molar-refractivity contribution in [1.82, 2.24) is 0 Å². The van der Waals surface area contributed by atoms with Crippen molar-refractivity contribution in [2.45, 2.75) is 24.6 Å². The van der Waals surface area contributed by atoms with Crippen molar-refractivity contribution in [3.63, 3.8) is 0 Å². The maximum absolute atomic E-state index is 6.29. The molecule has 1 fully saturated rings. The van der Waals surface area contributed by atoms with E-state index in [1.807, 2.05) is 36.4 Å². The molecular weight excluding hydrogens is 279 g/mol. The minimum Gasteiger partial charge on any atom is -0.493 e. The van der Waals surface area contributed by atoms with Crippen LogP contribution < -0.4 is 4.74 Å². The molecule has 0 bridgehead atoms. The number of benzene rings is 2. The molecule has 0 amide bonds. The second-order valence-corrected chi connectivity index (χ2v) is 6.08. The van der Waals surface area contributed by atoms with Crippen molar-refractivity contribution in [2.24, 2.45) is 5.92 Å². The van der Waals surface area contributed by atoms with Gasteiger partial charge in [0, 0.05) is 27.1 Å². The van der Waals surface area contributed by atoms with E-state index in [-0.39, 0.29) is 5.38 Å². The van der Waals surface area contributed by atoms with Gasteiger partial charge in [-0.15, -0.1) is 11.6 Å². The molecule has 1 aliphatic rings. The van der Waals surface area contributed by atoms with Crippen LogP contribution in [0.1, 0.15) is 19.3 Å². The Morgan fingerprint density at radius 3 is 2.58 bits per heavy atom. The second-order valence-electron chi connectivity index (χ2n) is 5.11. The van der Waals surface area contributed by atoms with Crippen molar-refractivity contribution >= 4 is 34.0 Å². The van der Waals surface area contributed by atoms with Gasteiger partial charge in [0.1, 0.15) is 5.75 Å². The molecule has 0 saturated heterocycles. The van der Waals surface area contributed by atoms with Gasteiger partial charge in [-0.05, 0) is 25.0 Å². The lowest BCUT2D eigenvalue weighted by Gasteiger charge is -2.16. The van der Waals surface area contributed by atoms with E-state index in [9.17, 15) is 0 Å². The SMILES string of the molecule is Clc1ccc(OC[C@@H]2CCCC2Cl)c2ccccc12. The normalized spacial score (nSPS) is 22.8. The fraction of sp³-hybridized carbons (Fsp3) is 0.375. The van der Waals surface area contributed by atoms with E-state index < -0.39 is 0 Å². The smallest absolute Gasteiger partial charge is 0.127 e. The summed E-state index contributed by atoms with van der Waals surface area (Å²) in [4.78, 5) is 0. The fourth-order valence-electron chi connectivity index (χ4n) is 2.74. The number of alkyl halides is 1. The minimum absolute atomic E-state index is 0.263. The van der Waals surface area contributed by atoms with Crippen LogP contribution >= 0.6 is 23.2 Å². The number of rotatable bonds is 3. The van der Waals surface area contributed by atoms with E-state index in [0.717, 1.165) is 28.0 Å². The summed E-state index contributed by atoms with van der Waals surface area (Å²) >= 11 is 12.5. The van der Waals surface area contributed by atoms with Crippen LogP contribution in [0, 0.1) is 5.92 Å². The average Bonchev–Trinajstić information content (AvgIpc) is 2.84. The Bertz CT molecular complexity index is 582. The van der Waals surface area contributed by atoms with Gasteiger partial charge in [-0.1, -0.05) is 42.3 Å². The summed E-state index contributed by atoms with van der Waals surface area (Å²) in [5, 5.41) is 3.13. The molecule has 0 aromatic heterocycles. The molecule has 0 heterocycles. The van der Waals surface area contributed by atoms with Gasteiger partial charge >= 0.3 is 0 Å². The van der Waals surface area contributed by atoms with E-state index in [1.165, 1.54) is 12.8 Å². The molecule has 2 aromatic rings. The van der Waals surface area contributed by atoms with E-state index >= 15 is 0 Å². The van der Waals surface area contributed by atoms with Gasteiger partial charge in [0.15, 0.2) is 0 Å². The summed E-state index contributed by atoms with van der Waals surface area (Å²) in [6.07, 6.45) is 3.49. The highest BCUT2D eigenvalue weighted by atomic mass is 35.5. The van der Waals surface area contributed by atoms with Crippen molar-refractivity contribution in [3.05, 3.63) is 41.4 Å². The van der Waals surface area contributed by atoms with Gasteiger partial charge in [-0.2, -0.15) is 0 Å². The zero-order valence-corrected chi connectivity index (χ0v) is 12.1. The van der Waals surface area contributed by atoms with E-state index in [0.29, 0.717) is 12.5 Å². The van der Waals surface area contributed by atoms with Gasteiger partial charge in [-0.3, -0.25) is 0 Å². The molecule has 1 unspecified atom stereocenters. The highest BCUT2D eigenvalue weighted by Crippen LogP contribution is 2.34. The van der Waals surface area contributed by atoms with Crippen LogP contribution in [0.2, 0.25) is 5.02 Å². The van der Waals surface area contributed by atoms with Crippen molar-refractivity contribution in [3.8, 4) is 5.75 Å². The van der Waals surface area contributed by atoms with Crippen LogP contribution in [0.4, 0.5) is 0 Å². The third-order valence-corrected chi connectivity index (χ3v) is 4.75. The first-order valence-electron chi connectivity index (χ1n) is 6.70. The molecule has 19 heavy (non-hydrogen) atoms. The van der Waals surface area contributed by atoms with Crippen molar-refractivity contribution < 1.29 is 4.74 Å². The third kappa shape index (κ3) is 2.68.